The highest BCUT2D eigenvalue weighted by Crippen LogP contribution is 2.11. The molecule has 2 amide bonds. The van der Waals surface area contributed by atoms with Gasteiger partial charge in [0, 0.05) is 11.3 Å². The largest absolute Gasteiger partial charge is 0.286 e. The second-order valence-corrected chi connectivity index (χ2v) is 3.40. The lowest BCUT2D eigenvalue weighted by atomic mass is 10.1. The molecule has 0 fully saturated rings. The number of aromatic nitrogens is 1. The van der Waals surface area contributed by atoms with Crippen LogP contribution in [0.25, 0.3) is 0 Å². The van der Waals surface area contributed by atoms with Crippen molar-refractivity contribution in [2.45, 2.75) is 6.92 Å². The molecule has 0 unspecified atom stereocenters. The lowest BCUT2D eigenvalue weighted by molar-refractivity contribution is 0.0819. The summed E-state index contributed by atoms with van der Waals surface area (Å²) in [6.07, 6.45) is 0. The van der Waals surface area contributed by atoms with E-state index in [4.69, 9.17) is 17.4 Å². The van der Waals surface area contributed by atoms with Gasteiger partial charge in [-0.25, -0.2) is 15.8 Å². The fourth-order valence-electron chi connectivity index (χ4n) is 1.03. The summed E-state index contributed by atoms with van der Waals surface area (Å²) >= 11 is 5.67. The SMILES string of the molecule is BC(=O)N(N)C(=O)c1cc(C)nc(Cl)c1. The van der Waals surface area contributed by atoms with E-state index >= 15 is 0 Å². The highest BCUT2D eigenvalue weighted by atomic mass is 35.5. The van der Waals surface area contributed by atoms with Gasteiger partial charge in [0.25, 0.3) is 5.91 Å². The molecule has 5 nitrogen and oxygen atoms in total. The van der Waals surface area contributed by atoms with Gasteiger partial charge < -0.3 is 0 Å². The lowest BCUT2D eigenvalue weighted by Crippen LogP contribution is -2.41. The van der Waals surface area contributed by atoms with Crippen LogP contribution in [0.15, 0.2) is 12.1 Å². The van der Waals surface area contributed by atoms with Crippen LogP contribution in [0.4, 0.5) is 4.79 Å². The summed E-state index contributed by atoms with van der Waals surface area (Å²) in [5, 5.41) is 0.723. The summed E-state index contributed by atoms with van der Waals surface area (Å²) in [4.78, 5) is 26.3. The van der Waals surface area contributed by atoms with Crippen molar-refractivity contribution in [2.75, 3.05) is 0 Å². The molecule has 0 radical (unpaired) electrons. The van der Waals surface area contributed by atoms with Crippen LogP contribution in [0.5, 0.6) is 0 Å². The summed E-state index contributed by atoms with van der Waals surface area (Å²) in [5.74, 6) is 4.12. The van der Waals surface area contributed by atoms with Crippen molar-refractivity contribution < 1.29 is 9.59 Å². The van der Waals surface area contributed by atoms with E-state index in [2.05, 4.69) is 4.98 Å². The molecule has 1 rings (SSSR count). The number of hydrazine groups is 1. The molecule has 1 aromatic heterocycles. The Morgan fingerprint density at radius 2 is 2.13 bits per heavy atom. The molecule has 0 aliphatic carbocycles. The third-order valence-corrected chi connectivity index (χ3v) is 1.92. The van der Waals surface area contributed by atoms with Crippen molar-refractivity contribution in [1.29, 1.82) is 0 Å². The maximum absolute atomic E-state index is 11.6. The van der Waals surface area contributed by atoms with E-state index < -0.39 is 11.7 Å². The van der Waals surface area contributed by atoms with Crippen molar-refractivity contribution >= 4 is 31.2 Å². The molecule has 78 valence electrons. The van der Waals surface area contributed by atoms with Crippen molar-refractivity contribution in [1.82, 2.24) is 9.99 Å². The minimum atomic E-state index is -0.602. The van der Waals surface area contributed by atoms with Crippen molar-refractivity contribution in [3.05, 3.63) is 28.5 Å². The van der Waals surface area contributed by atoms with Crippen LogP contribution in [-0.2, 0) is 0 Å². The Morgan fingerprint density at radius 1 is 1.53 bits per heavy atom. The van der Waals surface area contributed by atoms with E-state index in [0.717, 1.165) is 0 Å². The number of amides is 2. The first kappa shape index (κ1) is 11.7. The number of rotatable bonds is 1. The van der Waals surface area contributed by atoms with Crippen LogP contribution in [0, 0.1) is 6.92 Å². The average molecular weight is 225 g/mol. The van der Waals surface area contributed by atoms with E-state index in [-0.39, 0.29) is 10.7 Å². The Labute approximate surface area is 92.6 Å². The molecule has 0 bridgehead atoms. The topological polar surface area (TPSA) is 76.3 Å². The lowest BCUT2D eigenvalue weighted by Gasteiger charge is -2.12. The van der Waals surface area contributed by atoms with Gasteiger partial charge >= 0.3 is 0 Å². The third-order valence-electron chi connectivity index (χ3n) is 1.73. The van der Waals surface area contributed by atoms with Gasteiger partial charge in [-0.05, 0) is 19.1 Å². The quantitative estimate of drug-likeness (QED) is 0.242. The average Bonchev–Trinajstić information content (AvgIpc) is 2.13. The van der Waals surface area contributed by atoms with Crippen LogP contribution in [0.2, 0.25) is 5.15 Å². The summed E-state index contributed by atoms with van der Waals surface area (Å²) in [6.45, 7) is 1.69. The molecular weight excluding hydrogens is 216 g/mol. The van der Waals surface area contributed by atoms with Crippen LogP contribution in [0.3, 0.4) is 0 Å². The van der Waals surface area contributed by atoms with Gasteiger partial charge in [0.15, 0.2) is 5.81 Å². The molecule has 0 atom stereocenters. The number of aryl methyl sites for hydroxylation is 1. The standard InChI is InChI=1S/C8H9BClN3O2/c1-4-2-5(3-6(10)12-4)7(14)13(11)8(9)15/h2-3H,9,11H2,1H3. The number of nitrogens with zero attached hydrogens (tertiary/aromatic N) is 2. The van der Waals surface area contributed by atoms with E-state index in [0.29, 0.717) is 10.7 Å². The van der Waals surface area contributed by atoms with E-state index in [9.17, 15) is 9.59 Å². The number of halogens is 1. The third kappa shape index (κ3) is 2.77. The predicted molar refractivity (Wildman–Crippen MR) is 58.3 cm³/mol. The number of carbonyl (C=O) groups is 2. The minimum absolute atomic E-state index is 0.190. The number of carbonyl (C=O) groups excluding carboxylic acids is 2. The minimum Gasteiger partial charge on any atom is -0.286 e. The molecule has 15 heavy (non-hydrogen) atoms. The summed E-state index contributed by atoms with van der Waals surface area (Å²) < 4.78 is 0. The highest BCUT2D eigenvalue weighted by molar-refractivity contribution is 6.58. The van der Waals surface area contributed by atoms with E-state index in [1.54, 1.807) is 6.92 Å². The number of nitrogens with two attached hydrogens (primary N) is 1. The van der Waals surface area contributed by atoms with Gasteiger partial charge in [-0.3, -0.25) is 9.59 Å². The van der Waals surface area contributed by atoms with Crippen LogP contribution in [-0.4, -0.2) is 29.6 Å². The maximum atomic E-state index is 11.6. The van der Waals surface area contributed by atoms with Gasteiger partial charge in [-0.15, -0.1) is 0 Å². The summed E-state index contributed by atoms with van der Waals surface area (Å²) in [5.41, 5.74) is 0.827. The van der Waals surface area contributed by atoms with E-state index in [1.807, 2.05) is 0 Å². The second-order valence-electron chi connectivity index (χ2n) is 3.01. The first-order valence-electron chi connectivity index (χ1n) is 4.15. The predicted octanol–water partition coefficient (Wildman–Crippen LogP) is 0.112. The molecule has 7 heteroatoms. The first-order chi connectivity index (χ1) is 6.91. The molecule has 0 aliphatic rings. The number of hydrogen-bond acceptors (Lipinski definition) is 4. The fraction of sp³-hybridized carbons (Fsp3) is 0.125. The molecule has 1 aromatic rings. The Balaban J connectivity index is 3.06. The van der Waals surface area contributed by atoms with Gasteiger partial charge in [-0.1, -0.05) is 11.6 Å². The Bertz CT molecular complexity index is 404. The van der Waals surface area contributed by atoms with Crippen molar-refractivity contribution in [3.8, 4) is 0 Å². The Kier molecular flexibility index (Phi) is 3.44. The number of imide groups is 1. The zero-order valence-corrected chi connectivity index (χ0v) is 9.08. The molecule has 0 saturated carbocycles. The van der Waals surface area contributed by atoms with E-state index in [1.165, 1.54) is 20.0 Å². The second kappa shape index (κ2) is 4.42. The normalized spacial score (nSPS) is 9.80. The fourth-order valence-corrected chi connectivity index (χ4v) is 1.28. The molecule has 0 saturated heterocycles. The van der Waals surface area contributed by atoms with Gasteiger partial charge in [0.1, 0.15) is 5.15 Å². The maximum Gasteiger partial charge on any atom is 0.274 e. The molecule has 1 heterocycles. The van der Waals surface area contributed by atoms with Gasteiger partial charge in [0.2, 0.25) is 7.85 Å². The smallest absolute Gasteiger partial charge is 0.274 e. The van der Waals surface area contributed by atoms with Gasteiger partial charge in [0.05, 0.1) is 0 Å². The van der Waals surface area contributed by atoms with Gasteiger partial charge in [-0.2, -0.15) is 0 Å². The van der Waals surface area contributed by atoms with Crippen LogP contribution >= 0.6 is 11.6 Å². The molecule has 0 spiro atoms. The van der Waals surface area contributed by atoms with Crippen LogP contribution < -0.4 is 5.84 Å². The monoisotopic (exact) mass is 225 g/mol. The molecular formula is C8H9BClN3O2. The zero-order chi connectivity index (χ0) is 11.6. The first-order valence-corrected chi connectivity index (χ1v) is 4.53. The molecule has 0 aromatic carbocycles. The number of pyridine rings is 1. The van der Waals surface area contributed by atoms with Crippen molar-refractivity contribution in [3.63, 3.8) is 0 Å². The Hall–Kier alpha value is -1.40. The summed E-state index contributed by atoms with van der Waals surface area (Å²) in [7, 11) is 1.20. The van der Waals surface area contributed by atoms with Crippen LogP contribution in [0.1, 0.15) is 16.1 Å². The van der Waals surface area contributed by atoms with Crippen molar-refractivity contribution in [2.24, 2.45) is 5.84 Å². The molecule has 0 aliphatic heterocycles. The number of hydrogen-bond donors (Lipinski definition) is 1. The molecule has 2 N–H and O–H groups in total. The zero-order valence-electron chi connectivity index (χ0n) is 8.32. The Morgan fingerprint density at radius 3 is 2.60 bits per heavy atom. The highest BCUT2D eigenvalue weighted by Gasteiger charge is 2.16. The summed E-state index contributed by atoms with van der Waals surface area (Å²) in [6, 6.07) is 2.87.